The third kappa shape index (κ3) is 4.45. The molecule has 1 N–H and O–H groups in total. The maximum atomic E-state index is 12.3. The van der Waals surface area contributed by atoms with Crippen molar-refractivity contribution in [3.63, 3.8) is 0 Å². The van der Waals surface area contributed by atoms with Crippen LogP contribution in [-0.4, -0.2) is 21.4 Å². The molecule has 5 nitrogen and oxygen atoms in total. The Bertz CT molecular complexity index is 913. The van der Waals surface area contributed by atoms with Crippen LogP contribution in [0.4, 0.5) is 0 Å². The number of halogens is 1. The molecule has 0 spiro atoms. The number of carbonyl (C=O) groups is 1. The van der Waals surface area contributed by atoms with Crippen molar-refractivity contribution in [3.8, 4) is 11.5 Å². The van der Waals surface area contributed by atoms with E-state index in [1.54, 1.807) is 13.0 Å². The summed E-state index contributed by atoms with van der Waals surface area (Å²) in [6, 6.07) is 15.2. The Balaban J connectivity index is 1.59. The summed E-state index contributed by atoms with van der Waals surface area (Å²) in [7, 11) is 0. The van der Waals surface area contributed by atoms with Crippen LogP contribution in [0.1, 0.15) is 18.1 Å². The minimum Gasteiger partial charge on any atom is -0.411 e. The van der Waals surface area contributed by atoms with Crippen LogP contribution in [0.25, 0.3) is 11.5 Å². The minimum absolute atomic E-state index is 0.120. The summed E-state index contributed by atoms with van der Waals surface area (Å²) in [5.74, 6) is 0.333. The Labute approximate surface area is 161 Å². The first-order valence-electron chi connectivity index (χ1n) is 8.12. The summed E-state index contributed by atoms with van der Waals surface area (Å²) in [5.41, 5.74) is 2.82. The van der Waals surface area contributed by atoms with Gasteiger partial charge in [-0.2, -0.15) is 0 Å². The molecule has 0 aliphatic carbocycles. The largest absolute Gasteiger partial charge is 0.411 e. The smallest absolute Gasteiger partial charge is 0.277 e. The van der Waals surface area contributed by atoms with Crippen LogP contribution in [0.15, 0.2) is 58.2 Å². The van der Waals surface area contributed by atoms with E-state index in [4.69, 9.17) is 16.0 Å². The molecule has 0 unspecified atom stereocenters. The molecule has 26 heavy (non-hydrogen) atoms. The molecule has 0 saturated carbocycles. The number of nitrogens with one attached hydrogen (secondary N) is 1. The monoisotopic (exact) mass is 387 g/mol. The van der Waals surface area contributed by atoms with Crippen molar-refractivity contribution >= 4 is 29.3 Å². The molecule has 1 heterocycles. The van der Waals surface area contributed by atoms with E-state index < -0.39 is 0 Å². The fraction of sp³-hybridized carbons (Fsp3) is 0.211. The molecule has 0 fully saturated rings. The predicted molar refractivity (Wildman–Crippen MR) is 103 cm³/mol. The lowest BCUT2D eigenvalue weighted by molar-refractivity contribution is -0.120. The molecule has 0 aliphatic rings. The van der Waals surface area contributed by atoms with Crippen molar-refractivity contribution in [3.05, 3.63) is 64.7 Å². The van der Waals surface area contributed by atoms with Gasteiger partial charge < -0.3 is 9.73 Å². The van der Waals surface area contributed by atoms with Gasteiger partial charge in [0.1, 0.15) is 0 Å². The summed E-state index contributed by atoms with van der Waals surface area (Å²) < 4.78 is 5.69. The van der Waals surface area contributed by atoms with E-state index in [1.165, 1.54) is 11.8 Å². The van der Waals surface area contributed by atoms with Gasteiger partial charge in [0.25, 0.3) is 5.22 Å². The number of thioether (sulfide) groups is 1. The molecule has 3 rings (SSSR count). The molecule has 134 valence electrons. The molecule has 1 atom stereocenters. The minimum atomic E-state index is -0.373. The van der Waals surface area contributed by atoms with Crippen molar-refractivity contribution in [2.75, 3.05) is 0 Å². The van der Waals surface area contributed by atoms with E-state index in [0.29, 0.717) is 22.7 Å². The predicted octanol–water partition coefficient (Wildman–Crippen LogP) is 4.50. The van der Waals surface area contributed by atoms with Crippen molar-refractivity contribution < 1.29 is 9.21 Å². The number of hydrogen-bond acceptors (Lipinski definition) is 5. The lowest BCUT2D eigenvalue weighted by atomic mass is 10.1. The van der Waals surface area contributed by atoms with E-state index in [0.717, 1.165) is 16.7 Å². The Hall–Kier alpha value is -2.31. The van der Waals surface area contributed by atoms with E-state index >= 15 is 0 Å². The van der Waals surface area contributed by atoms with Crippen molar-refractivity contribution in [2.45, 2.75) is 30.9 Å². The number of rotatable bonds is 6. The lowest BCUT2D eigenvalue weighted by Crippen LogP contribution is -2.30. The van der Waals surface area contributed by atoms with Gasteiger partial charge in [0.15, 0.2) is 0 Å². The van der Waals surface area contributed by atoms with Crippen LogP contribution < -0.4 is 5.32 Å². The number of benzene rings is 2. The van der Waals surface area contributed by atoms with Crippen LogP contribution in [0.3, 0.4) is 0 Å². The highest BCUT2D eigenvalue weighted by molar-refractivity contribution is 8.00. The zero-order valence-corrected chi connectivity index (χ0v) is 16.0. The highest BCUT2D eigenvalue weighted by Gasteiger charge is 2.19. The number of amides is 1. The fourth-order valence-electron chi connectivity index (χ4n) is 2.35. The first-order valence-corrected chi connectivity index (χ1v) is 9.37. The standard InChI is InChI=1S/C19H18ClN3O2S/c1-12-7-3-5-9-15(12)18-22-23-19(25-18)26-13(2)17(24)21-11-14-8-4-6-10-16(14)20/h3-10,13H,11H2,1-2H3,(H,21,24)/t13-/m1/s1. The highest BCUT2D eigenvalue weighted by atomic mass is 35.5. The van der Waals surface area contributed by atoms with Crippen LogP contribution in [0.5, 0.6) is 0 Å². The second kappa shape index (κ2) is 8.38. The van der Waals surface area contributed by atoms with Gasteiger partial charge in [-0.25, -0.2) is 0 Å². The van der Waals surface area contributed by atoms with E-state index in [1.807, 2.05) is 49.4 Å². The topological polar surface area (TPSA) is 68.0 Å². The highest BCUT2D eigenvalue weighted by Crippen LogP contribution is 2.27. The van der Waals surface area contributed by atoms with Gasteiger partial charge in [-0.1, -0.05) is 59.8 Å². The lowest BCUT2D eigenvalue weighted by Gasteiger charge is -2.10. The molecule has 3 aromatic rings. The first kappa shape index (κ1) is 18.5. The van der Waals surface area contributed by atoms with Gasteiger partial charge in [0.05, 0.1) is 5.25 Å². The summed E-state index contributed by atoms with van der Waals surface area (Å²) in [4.78, 5) is 12.3. The van der Waals surface area contributed by atoms with Gasteiger partial charge in [-0.05, 0) is 37.1 Å². The van der Waals surface area contributed by atoms with E-state index in [9.17, 15) is 4.79 Å². The number of nitrogens with zero attached hydrogens (tertiary/aromatic N) is 2. The number of carbonyl (C=O) groups excluding carboxylic acids is 1. The summed E-state index contributed by atoms with van der Waals surface area (Å²) in [5, 5.41) is 11.6. The molecule has 0 saturated heterocycles. The second-order valence-corrected chi connectivity index (χ2v) is 7.46. The quantitative estimate of drug-likeness (QED) is 0.631. The molecule has 1 amide bonds. The number of aryl methyl sites for hydroxylation is 1. The molecule has 0 bridgehead atoms. The third-order valence-electron chi connectivity index (χ3n) is 3.84. The summed E-state index contributed by atoms with van der Waals surface area (Å²) in [6.07, 6.45) is 0. The maximum Gasteiger partial charge on any atom is 0.277 e. The van der Waals surface area contributed by atoms with Crippen LogP contribution >= 0.6 is 23.4 Å². The third-order valence-corrected chi connectivity index (χ3v) is 5.14. The first-order chi connectivity index (χ1) is 12.5. The second-order valence-electron chi connectivity index (χ2n) is 5.76. The molecule has 0 aliphatic heterocycles. The van der Waals surface area contributed by atoms with Crippen LogP contribution in [-0.2, 0) is 11.3 Å². The van der Waals surface area contributed by atoms with E-state index in [-0.39, 0.29) is 11.2 Å². The Morgan fingerprint density at radius 2 is 1.92 bits per heavy atom. The van der Waals surface area contributed by atoms with Crippen LogP contribution in [0, 0.1) is 6.92 Å². The Morgan fingerprint density at radius 3 is 2.69 bits per heavy atom. The SMILES string of the molecule is Cc1ccccc1-c1nnc(S[C@H](C)C(=O)NCc2ccccc2Cl)o1. The normalized spacial score (nSPS) is 12.0. The number of aromatic nitrogens is 2. The maximum absolute atomic E-state index is 12.3. The molecule has 1 aromatic heterocycles. The summed E-state index contributed by atoms with van der Waals surface area (Å²) in [6.45, 7) is 4.16. The average Bonchev–Trinajstić information content (AvgIpc) is 3.09. The van der Waals surface area contributed by atoms with E-state index in [2.05, 4.69) is 15.5 Å². The molecule has 2 aromatic carbocycles. The molecular weight excluding hydrogens is 370 g/mol. The van der Waals surface area contributed by atoms with Crippen LogP contribution in [0.2, 0.25) is 5.02 Å². The van der Waals surface area contributed by atoms with Crippen molar-refractivity contribution in [1.29, 1.82) is 0 Å². The van der Waals surface area contributed by atoms with Gasteiger partial charge in [0, 0.05) is 17.1 Å². The molecular formula is C19H18ClN3O2S. The molecule has 0 radical (unpaired) electrons. The Morgan fingerprint density at radius 1 is 1.19 bits per heavy atom. The zero-order valence-electron chi connectivity index (χ0n) is 14.4. The van der Waals surface area contributed by atoms with Crippen molar-refractivity contribution in [2.24, 2.45) is 0 Å². The summed E-state index contributed by atoms with van der Waals surface area (Å²) >= 11 is 7.33. The molecule has 7 heteroatoms. The van der Waals surface area contributed by atoms with Gasteiger partial charge in [-0.15, -0.1) is 10.2 Å². The van der Waals surface area contributed by atoms with Crippen molar-refractivity contribution in [1.82, 2.24) is 15.5 Å². The van der Waals surface area contributed by atoms with Gasteiger partial charge in [0.2, 0.25) is 11.8 Å². The van der Waals surface area contributed by atoms with Gasteiger partial charge in [-0.3, -0.25) is 4.79 Å². The zero-order chi connectivity index (χ0) is 18.5. The fourth-order valence-corrected chi connectivity index (χ4v) is 3.26. The average molecular weight is 388 g/mol. The van der Waals surface area contributed by atoms with Gasteiger partial charge >= 0.3 is 0 Å². The number of hydrogen-bond donors (Lipinski definition) is 1. The Kier molecular flexibility index (Phi) is 5.96.